The van der Waals surface area contributed by atoms with Gasteiger partial charge >= 0.3 is 0 Å². The van der Waals surface area contributed by atoms with Crippen molar-refractivity contribution in [2.75, 3.05) is 6.54 Å². The minimum Gasteiger partial charge on any atom is -0.507 e. The van der Waals surface area contributed by atoms with Gasteiger partial charge in [0.05, 0.1) is 16.5 Å². The maximum Gasteiger partial charge on any atom is 0.295 e. The molecule has 0 spiro atoms. The standard InChI is InChI=1S/C25H20BrClN2O5S/c26-18-7-3-17(4-8-18)23(30)21-22(16-5-9-19(27)10-6-16)29(25(32)24(21)31)14-13-15-1-11-20(12-2-15)35(28,33)34/h1-12,22,30H,13-14H2,(H2,28,33,34)/t22-/m1/s1. The van der Waals surface area contributed by atoms with Crippen LogP contribution in [0.5, 0.6) is 0 Å². The summed E-state index contributed by atoms with van der Waals surface area (Å²) in [7, 11) is -3.82. The highest BCUT2D eigenvalue weighted by Crippen LogP contribution is 2.39. The molecule has 1 amide bonds. The van der Waals surface area contributed by atoms with Crippen molar-refractivity contribution < 1.29 is 23.1 Å². The van der Waals surface area contributed by atoms with E-state index in [0.29, 0.717) is 22.6 Å². The van der Waals surface area contributed by atoms with Gasteiger partial charge in [0.15, 0.2) is 0 Å². The molecule has 3 N–H and O–H groups in total. The Labute approximate surface area is 216 Å². The van der Waals surface area contributed by atoms with Gasteiger partial charge in [-0.2, -0.15) is 0 Å². The number of aliphatic hydroxyl groups excluding tert-OH is 1. The summed E-state index contributed by atoms with van der Waals surface area (Å²) in [4.78, 5) is 27.5. The molecule has 1 saturated heterocycles. The van der Waals surface area contributed by atoms with Crippen LogP contribution in [0.15, 0.2) is 87.7 Å². The number of ketones is 1. The number of hydrogen-bond acceptors (Lipinski definition) is 5. The summed E-state index contributed by atoms with van der Waals surface area (Å²) in [6.45, 7) is 0.156. The van der Waals surface area contributed by atoms with Gasteiger partial charge in [-0.1, -0.05) is 63.9 Å². The van der Waals surface area contributed by atoms with Crippen molar-refractivity contribution in [1.29, 1.82) is 0 Å². The fraction of sp³-hybridized carbons (Fsp3) is 0.120. The molecule has 3 aromatic rings. The summed E-state index contributed by atoms with van der Waals surface area (Å²) < 4.78 is 23.8. The average molecular weight is 576 g/mol. The Bertz CT molecular complexity index is 1420. The zero-order chi connectivity index (χ0) is 25.3. The molecule has 1 aliphatic heterocycles. The lowest BCUT2D eigenvalue weighted by atomic mass is 9.95. The van der Waals surface area contributed by atoms with Gasteiger partial charge in [-0.3, -0.25) is 9.59 Å². The number of rotatable bonds is 6. The molecule has 1 atom stereocenters. The molecule has 3 aromatic carbocycles. The predicted octanol–water partition coefficient (Wildman–Crippen LogP) is 4.41. The van der Waals surface area contributed by atoms with Crippen LogP contribution in [0.4, 0.5) is 0 Å². The second-order valence-electron chi connectivity index (χ2n) is 7.99. The SMILES string of the molecule is NS(=O)(=O)c1ccc(CCN2C(=O)C(=O)C(=C(O)c3ccc(Br)cc3)[C@H]2c2ccc(Cl)cc2)cc1. The van der Waals surface area contributed by atoms with E-state index in [4.69, 9.17) is 16.7 Å². The number of hydrogen-bond donors (Lipinski definition) is 2. The lowest BCUT2D eigenvalue weighted by Gasteiger charge is -2.25. The number of amides is 1. The third-order valence-corrected chi connectivity index (χ3v) is 7.45. The maximum absolute atomic E-state index is 13.1. The van der Waals surface area contributed by atoms with E-state index in [-0.39, 0.29) is 22.8 Å². The van der Waals surface area contributed by atoms with Crippen LogP contribution in [0.2, 0.25) is 5.02 Å². The summed E-state index contributed by atoms with van der Waals surface area (Å²) >= 11 is 9.39. The van der Waals surface area contributed by atoms with Crippen molar-refractivity contribution in [3.8, 4) is 0 Å². The molecular formula is C25H20BrClN2O5S. The Kier molecular flexibility index (Phi) is 7.14. The first-order valence-electron chi connectivity index (χ1n) is 10.5. The van der Waals surface area contributed by atoms with Crippen molar-refractivity contribution in [2.24, 2.45) is 5.14 Å². The molecule has 1 fully saturated rings. The molecule has 0 aliphatic carbocycles. The van der Waals surface area contributed by atoms with E-state index in [9.17, 15) is 23.1 Å². The molecule has 0 radical (unpaired) electrons. The Morgan fingerprint density at radius 3 is 2.14 bits per heavy atom. The summed E-state index contributed by atoms with van der Waals surface area (Å²) in [5, 5.41) is 16.7. The summed E-state index contributed by atoms with van der Waals surface area (Å²) in [6, 6.07) is 18.7. The van der Waals surface area contributed by atoms with Crippen molar-refractivity contribution >= 4 is 55.0 Å². The number of halogens is 2. The first-order chi connectivity index (χ1) is 16.6. The second kappa shape index (κ2) is 9.94. The van der Waals surface area contributed by atoms with Crippen LogP contribution in [-0.4, -0.2) is 36.7 Å². The highest BCUT2D eigenvalue weighted by Gasteiger charge is 2.45. The first kappa shape index (κ1) is 25.1. The minimum absolute atomic E-state index is 0.00998. The Morgan fingerprint density at radius 1 is 0.971 bits per heavy atom. The van der Waals surface area contributed by atoms with E-state index in [1.54, 1.807) is 60.7 Å². The number of carbonyl (C=O) groups excluding carboxylic acids is 2. The van der Waals surface area contributed by atoms with Gasteiger partial charge in [-0.05, 0) is 53.9 Å². The summed E-state index contributed by atoms with van der Waals surface area (Å²) in [5.74, 6) is -1.78. The topological polar surface area (TPSA) is 118 Å². The van der Waals surface area contributed by atoms with Crippen LogP contribution in [0.25, 0.3) is 5.76 Å². The third kappa shape index (κ3) is 5.33. The van der Waals surface area contributed by atoms with Gasteiger partial charge < -0.3 is 10.0 Å². The number of aliphatic hydroxyl groups is 1. The van der Waals surface area contributed by atoms with Crippen LogP contribution >= 0.6 is 27.5 Å². The quantitative estimate of drug-likeness (QED) is 0.256. The lowest BCUT2D eigenvalue weighted by molar-refractivity contribution is -0.139. The van der Waals surface area contributed by atoms with Crippen molar-refractivity contribution in [3.63, 3.8) is 0 Å². The average Bonchev–Trinajstić information content (AvgIpc) is 3.08. The van der Waals surface area contributed by atoms with E-state index in [1.807, 2.05) is 0 Å². The van der Waals surface area contributed by atoms with Crippen molar-refractivity contribution in [2.45, 2.75) is 17.4 Å². The molecule has 0 aromatic heterocycles. The Hall–Kier alpha value is -2.98. The van der Waals surface area contributed by atoms with Crippen LogP contribution < -0.4 is 5.14 Å². The van der Waals surface area contributed by atoms with Crippen LogP contribution in [-0.2, 0) is 26.0 Å². The van der Waals surface area contributed by atoms with Gasteiger partial charge in [-0.15, -0.1) is 0 Å². The molecule has 35 heavy (non-hydrogen) atoms. The predicted molar refractivity (Wildman–Crippen MR) is 136 cm³/mol. The zero-order valence-corrected chi connectivity index (χ0v) is 21.3. The van der Waals surface area contributed by atoms with Crippen molar-refractivity contribution in [1.82, 2.24) is 4.90 Å². The summed E-state index contributed by atoms with van der Waals surface area (Å²) in [6.07, 6.45) is 0.348. The van der Waals surface area contributed by atoms with E-state index in [0.717, 1.165) is 10.0 Å². The largest absolute Gasteiger partial charge is 0.507 e. The Morgan fingerprint density at radius 2 is 1.57 bits per heavy atom. The van der Waals surface area contributed by atoms with Crippen LogP contribution in [0.3, 0.4) is 0 Å². The highest BCUT2D eigenvalue weighted by molar-refractivity contribution is 9.10. The first-order valence-corrected chi connectivity index (χ1v) is 13.2. The molecule has 180 valence electrons. The summed E-state index contributed by atoms with van der Waals surface area (Å²) in [5.41, 5.74) is 1.77. The van der Waals surface area contributed by atoms with Gasteiger partial charge in [-0.25, -0.2) is 13.6 Å². The van der Waals surface area contributed by atoms with Gasteiger partial charge in [0.25, 0.3) is 11.7 Å². The number of sulfonamides is 1. The lowest BCUT2D eigenvalue weighted by Crippen LogP contribution is -2.31. The van der Waals surface area contributed by atoms with E-state index >= 15 is 0 Å². The van der Waals surface area contributed by atoms with Gasteiger partial charge in [0, 0.05) is 21.6 Å². The molecule has 0 bridgehead atoms. The number of carbonyl (C=O) groups is 2. The number of benzene rings is 3. The minimum atomic E-state index is -3.82. The number of Topliss-reactive ketones (excluding diaryl/α,β-unsaturated/α-hetero) is 1. The van der Waals surface area contributed by atoms with Gasteiger partial charge in [0.2, 0.25) is 10.0 Å². The van der Waals surface area contributed by atoms with Crippen LogP contribution in [0, 0.1) is 0 Å². The fourth-order valence-electron chi connectivity index (χ4n) is 3.96. The Balaban J connectivity index is 1.72. The number of likely N-dealkylation sites (tertiary alicyclic amines) is 1. The monoisotopic (exact) mass is 574 g/mol. The number of nitrogens with zero attached hydrogens (tertiary/aromatic N) is 1. The highest BCUT2D eigenvalue weighted by atomic mass is 79.9. The molecule has 4 rings (SSSR count). The second-order valence-corrected chi connectivity index (χ2v) is 10.9. The van der Waals surface area contributed by atoms with E-state index in [1.165, 1.54) is 17.0 Å². The normalized spacial score (nSPS) is 17.7. The van der Waals surface area contributed by atoms with E-state index < -0.39 is 27.8 Å². The fourth-order valence-corrected chi connectivity index (χ4v) is 4.87. The molecule has 0 saturated carbocycles. The maximum atomic E-state index is 13.1. The molecule has 7 nitrogen and oxygen atoms in total. The number of primary sulfonamides is 1. The molecule has 1 aliphatic rings. The van der Waals surface area contributed by atoms with Crippen molar-refractivity contribution in [3.05, 3.63) is 105 Å². The smallest absolute Gasteiger partial charge is 0.295 e. The zero-order valence-electron chi connectivity index (χ0n) is 18.2. The van der Waals surface area contributed by atoms with Gasteiger partial charge in [0.1, 0.15) is 5.76 Å². The molecular weight excluding hydrogens is 556 g/mol. The van der Waals surface area contributed by atoms with Crippen LogP contribution in [0.1, 0.15) is 22.7 Å². The molecule has 1 heterocycles. The number of nitrogens with two attached hydrogens (primary N) is 1. The molecule has 0 unspecified atom stereocenters. The van der Waals surface area contributed by atoms with E-state index in [2.05, 4.69) is 15.9 Å². The third-order valence-electron chi connectivity index (χ3n) is 5.74. The molecule has 10 heteroatoms.